The zero-order valence-electron chi connectivity index (χ0n) is 34.4. The lowest BCUT2D eigenvalue weighted by atomic mass is 9.92. The van der Waals surface area contributed by atoms with Crippen LogP contribution in [0.4, 0.5) is 0 Å². The second-order valence-electron chi connectivity index (χ2n) is 16.5. The molecule has 0 N–H and O–H groups in total. The fraction of sp³-hybridized carbons (Fsp3) is 0. The average molecular weight is 834 g/mol. The summed E-state index contributed by atoms with van der Waals surface area (Å²) in [5.41, 5.74) is 11.7. The Bertz CT molecular complexity index is 3930. The van der Waals surface area contributed by atoms with Crippen LogP contribution in [0.15, 0.2) is 212 Å². The minimum absolute atomic E-state index is 0.605. The minimum Gasteiger partial charge on any atom is -0.309 e. The molecule has 0 saturated carbocycles. The molecule has 0 atom stereocenters. The van der Waals surface area contributed by atoms with Gasteiger partial charge in [0.2, 0.25) is 5.95 Å². The summed E-state index contributed by atoms with van der Waals surface area (Å²) in [7, 11) is 0. The van der Waals surface area contributed by atoms with Crippen molar-refractivity contribution in [1.82, 2.24) is 23.7 Å². The van der Waals surface area contributed by atoms with Gasteiger partial charge in [0.05, 0.1) is 44.5 Å². The van der Waals surface area contributed by atoms with Crippen molar-refractivity contribution in [2.24, 2.45) is 0 Å². The summed E-state index contributed by atoms with van der Waals surface area (Å²) in [6.07, 6.45) is 0. The smallest absolute Gasteiger partial charge is 0.237 e. The van der Waals surface area contributed by atoms with Crippen LogP contribution in [0.25, 0.3) is 125 Å². The molecule has 64 heavy (non-hydrogen) atoms. The van der Waals surface area contributed by atoms with E-state index in [9.17, 15) is 0 Å². The fourth-order valence-corrected chi connectivity index (χ4v) is 11.6. The molecule has 0 saturated heterocycles. The molecule has 0 bridgehead atoms. The zero-order valence-corrected chi connectivity index (χ0v) is 35.2. The molecule has 14 rings (SSSR count). The Morgan fingerprint density at radius 2 is 0.750 bits per heavy atom. The predicted octanol–water partition coefficient (Wildman–Crippen LogP) is 15.5. The first-order valence-corrected chi connectivity index (χ1v) is 22.5. The summed E-state index contributed by atoms with van der Waals surface area (Å²) in [6, 6.07) is 76.6. The standard InChI is InChI=1S/C58H35N5S/c1-8-26-46-36(17-1)37-18-2-9-27-47(37)61(46)52-32-15-24-43(42-25-16-34-54-56(42)44-23-7-14-33-53(44)64-54)57(52)45-35-55(62-48-28-10-3-19-38(48)39-20-4-11-29-49(39)62)60-58(59-45)63-50-30-12-5-21-40(50)41-22-6-13-31-51(41)63/h1-35H. The van der Waals surface area contributed by atoms with Crippen molar-refractivity contribution in [2.45, 2.75) is 0 Å². The molecule has 5 heterocycles. The van der Waals surface area contributed by atoms with Gasteiger partial charge in [-0.05, 0) is 65.7 Å². The summed E-state index contributed by atoms with van der Waals surface area (Å²) in [5.74, 6) is 1.40. The molecular weight excluding hydrogens is 799 g/mol. The predicted molar refractivity (Wildman–Crippen MR) is 269 cm³/mol. The van der Waals surface area contributed by atoms with Gasteiger partial charge < -0.3 is 4.57 Å². The van der Waals surface area contributed by atoms with Crippen LogP contribution in [0.2, 0.25) is 0 Å². The molecule has 0 aliphatic heterocycles. The molecule has 14 aromatic rings. The summed E-state index contributed by atoms with van der Waals surface area (Å²) >= 11 is 1.85. The van der Waals surface area contributed by atoms with Crippen LogP contribution in [-0.4, -0.2) is 23.7 Å². The molecule has 6 heteroatoms. The van der Waals surface area contributed by atoms with E-state index in [0.29, 0.717) is 5.95 Å². The van der Waals surface area contributed by atoms with Gasteiger partial charge in [0.1, 0.15) is 5.82 Å². The molecule has 0 fully saturated rings. The molecule has 0 aliphatic carbocycles. The van der Waals surface area contributed by atoms with Crippen molar-refractivity contribution in [3.63, 3.8) is 0 Å². The Hall–Kier alpha value is -8.32. The number of nitrogens with zero attached hydrogens (tertiary/aromatic N) is 5. The van der Waals surface area contributed by atoms with Crippen LogP contribution in [0.5, 0.6) is 0 Å². The Morgan fingerprint density at radius 1 is 0.328 bits per heavy atom. The third kappa shape index (κ3) is 5.00. The van der Waals surface area contributed by atoms with E-state index in [1.165, 1.54) is 47.3 Å². The fourth-order valence-electron chi connectivity index (χ4n) is 10.5. The Labute approximate surface area is 371 Å². The number of rotatable bonds is 5. The van der Waals surface area contributed by atoms with Crippen LogP contribution >= 0.6 is 11.3 Å². The first-order chi connectivity index (χ1) is 31.8. The normalized spacial score (nSPS) is 12.1. The largest absolute Gasteiger partial charge is 0.309 e. The third-order valence-corrected chi connectivity index (χ3v) is 14.2. The maximum absolute atomic E-state index is 5.79. The number of para-hydroxylation sites is 6. The second kappa shape index (κ2) is 13.6. The van der Waals surface area contributed by atoms with E-state index in [1.54, 1.807) is 0 Å². The van der Waals surface area contributed by atoms with E-state index in [4.69, 9.17) is 9.97 Å². The maximum Gasteiger partial charge on any atom is 0.237 e. The van der Waals surface area contributed by atoms with E-state index >= 15 is 0 Å². The third-order valence-electron chi connectivity index (χ3n) is 13.1. The quantitative estimate of drug-likeness (QED) is 0.173. The van der Waals surface area contributed by atoms with Gasteiger partial charge in [-0.25, -0.2) is 4.98 Å². The van der Waals surface area contributed by atoms with Gasteiger partial charge in [-0.2, -0.15) is 4.98 Å². The van der Waals surface area contributed by atoms with Crippen molar-refractivity contribution in [3.8, 4) is 39.8 Å². The molecule has 0 spiro atoms. The summed E-state index contributed by atoms with van der Waals surface area (Å²) in [4.78, 5) is 11.4. The lowest BCUT2D eigenvalue weighted by molar-refractivity contribution is 0.951. The van der Waals surface area contributed by atoms with Gasteiger partial charge in [0, 0.05) is 64.1 Å². The van der Waals surface area contributed by atoms with E-state index in [2.05, 4.69) is 226 Å². The van der Waals surface area contributed by atoms with E-state index in [-0.39, 0.29) is 0 Å². The molecule has 0 amide bonds. The highest BCUT2D eigenvalue weighted by Crippen LogP contribution is 2.46. The Morgan fingerprint density at radius 3 is 1.30 bits per heavy atom. The van der Waals surface area contributed by atoms with Crippen molar-refractivity contribution in [3.05, 3.63) is 212 Å². The van der Waals surface area contributed by atoms with E-state index in [0.717, 1.165) is 72.2 Å². The number of thiophene rings is 1. The SMILES string of the molecule is c1cc(-c2cccc3sc4ccccc4c23)c(-c2cc(-n3c4ccccc4c4ccccc43)nc(-n3c4ccccc4c4ccccc43)n2)c(-n2c3ccccc3c3ccccc32)c1. The number of fused-ring (bicyclic) bond motifs is 12. The number of hydrogen-bond donors (Lipinski definition) is 0. The van der Waals surface area contributed by atoms with Gasteiger partial charge in [0.15, 0.2) is 0 Å². The van der Waals surface area contributed by atoms with Crippen LogP contribution in [-0.2, 0) is 0 Å². The van der Waals surface area contributed by atoms with Crippen molar-refractivity contribution in [2.75, 3.05) is 0 Å². The molecule has 0 aliphatic rings. The molecule has 0 unspecified atom stereocenters. The highest BCUT2D eigenvalue weighted by Gasteiger charge is 2.25. The van der Waals surface area contributed by atoms with Crippen LogP contribution in [0, 0.1) is 0 Å². The average Bonchev–Trinajstić information content (AvgIpc) is 4.10. The number of aromatic nitrogens is 5. The minimum atomic E-state index is 0.605. The first kappa shape index (κ1) is 35.3. The lowest BCUT2D eigenvalue weighted by Gasteiger charge is -2.20. The van der Waals surface area contributed by atoms with Gasteiger partial charge in [-0.3, -0.25) is 9.13 Å². The van der Waals surface area contributed by atoms with Gasteiger partial charge in [-0.1, -0.05) is 152 Å². The van der Waals surface area contributed by atoms with Crippen LogP contribution < -0.4 is 0 Å². The summed E-state index contributed by atoms with van der Waals surface area (Å²) < 4.78 is 9.54. The molecule has 0 radical (unpaired) electrons. The molecular formula is C58H35N5S. The van der Waals surface area contributed by atoms with E-state index < -0.39 is 0 Å². The van der Waals surface area contributed by atoms with Crippen LogP contribution in [0.1, 0.15) is 0 Å². The molecule has 5 aromatic heterocycles. The highest BCUT2D eigenvalue weighted by molar-refractivity contribution is 7.25. The first-order valence-electron chi connectivity index (χ1n) is 21.7. The van der Waals surface area contributed by atoms with E-state index in [1.807, 2.05) is 11.3 Å². The second-order valence-corrected chi connectivity index (χ2v) is 17.6. The van der Waals surface area contributed by atoms with Gasteiger partial charge in [0.25, 0.3) is 0 Å². The monoisotopic (exact) mass is 833 g/mol. The maximum atomic E-state index is 5.79. The Kier molecular flexibility index (Phi) is 7.49. The summed E-state index contributed by atoms with van der Waals surface area (Å²) in [5, 5.41) is 9.60. The molecule has 9 aromatic carbocycles. The van der Waals surface area contributed by atoms with Gasteiger partial charge >= 0.3 is 0 Å². The number of benzene rings is 9. The van der Waals surface area contributed by atoms with Crippen molar-refractivity contribution in [1.29, 1.82) is 0 Å². The highest BCUT2D eigenvalue weighted by atomic mass is 32.1. The van der Waals surface area contributed by atoms with Crippen LogP contribution in [0.3, 0.4) is 0 Å². The Balaban J connectivity index is 1.18. The lowest BCUT2D eigenvalue weighted by Crippen LogP contribution is -2.09. The molecule has 298 valence electrons. The topological polar surface area (TPSA) is 40.6 Å². The van der Waals surface area contributed by atoms with Gasteiger partial charge in [-0.15, -0.1) is 11.3 Å². The summed E-state index contributed by atoms with van der Waals surface area (Å²) in [6.45, 7) is 0. The zero-order chi connectivity index (χ0) is 41.9. The van der Waals surface area contributed by atoms with Crippen molar-refractivity contribution >= 4 is 96.9 Å². The van der Waals surface area contributed by atoms with Crippen molar-refractivity contribution < 1.29 is 0 Å². The number of hydrogen-bond acceptors (Lipinski definition) is 3. The molecule has 5 nitrogen and oxygen atoms in total.